The van der Waals surface area contributed by atoms with E-state index in [1.807, 2.05) is 108 Å². The Balaban J connectivity index is 0.000000163. The highest BCUT2D eigenvalue weighted by molar-refractivity contribution is 6.02. The summed E-state index contributed by atoms with van der Waals surface area (Å²) in [6, 6.07) is 61.0. The van der Waals surface area contributed by atoms with Crippen molar-refractivity contribution in [2.24, 2.45) is 0 Å². The van der Waals surface area contributed by atoms with Crippen LogP contribution in [0, 0.1) is 11.6 Å². The average molecular weight is 1730 g/mol. The molecule has 21 nitrogen and oxygen atoms in total. The quantitative estimate of drug-likeness (QED) is 0.0363. The van der Waals surface area contributed by atoms with Crippen LogP contribution in [0.5, 0.6) is 34.5 Å². The summed E-state index contributed by atoms with van der Waals surface area (Å²) >= 11 is 0. The van der Waals surface area contributed by atoms with E-state index >= 15 is 0 Å². The predicted molar refractivity (Wildman–Crippen MR) is 504 cm³/mol. The number of benzene rings is 9. The summed E-state index contributed by atoms with van der Waals surface area (Å²) in [6.45, 7) is 32.9. The Bertz CT molecular complexity index is 5100. The van der Waals surface area contributed by atoms with Gasteiger partial charge < -0.3 is 82.3 Å². The molecule has 0 saturated carbocycles. The first-order valence-corrected chi connectivity index (χ1v) is 45.8. The average Bonchev–Trinajstić information content (AvgIpc) is 1.63. The SMILES string of the molecule is CCN1CCN(c2cccc3c2CN([C@H](CCCN(C)Cc2cccc(F)c2)c2ccc(OC)c(OC)c2)C3=O)CC1.CCN1CCN(c2cccc3c2CN([C@H](CCCN(C)Cc2ccccc2F)c2ccc(OC)c(OC)c2)C3=O)CC1.CCN1CCN(c2cccc3c2CN([C@H](CCCN(Cc2ccccc2)C(C)C)c2ccc(OC)c(OC)c2)C3=O)CC1. The Kier molecular flexibility index (Phi) is 33.4. The van der Waals surface area contributed by atoms with Crippen LogP contribution in [0.3, 0.4) is 0 Å². The zero-order valence-corrected chi connectivity index (χ0v) is 77.2. The molecule has 3 fully saturated rings. The van der Waals surface area contributed by atoms with Crippen LogP contribution in [0.15, 0.2) is 188 Å². The second kappa shape index (κ2) is 45.3. The topological polar surface area (TPSA) is 145 Å². The summed E-state index contributed by atoms with van der Waals surface area (Å²) < 4.78 is 61.4. The minimum absolute atomic E-state index is 0.0681. The summed E-state index contributed by atoms with van der Waals surface area (Å²) in [6.07, 6.45) is 5.09. The van der Waals surface area contributed by atoms with Crippen molar-refractivity contribution in [3.8, 4) is 34.5 Å². The third-order valence-electron chi connectivity index (χ3n) is 26.6. The fourth-order valence-electron chi connectivity index (χ4n) is 19.2. The van der Waals surface area contributed by atoms with E-state index in [4.69, 9.17) is 28.4 Å². The number of carbonyl (C=O) groups excluding carboxylic acids is 3. The van der Waals surface area contributed by atoms with Gasteiger partial charge in [-0.2, -0.15) is 0 Å². The molecule has 0 aliphatic carbocycles. The number of fused-ring (bicyclic) bond motifs is 3. The predicted octanol–water partition coefficient (Wildman–Crippen LogP) is 17.4. The largest absolute Gasteiger partial charge is 0.493 e. The molecule has 678 valence electrons. The van der Waals surface area contributed by atoms with E-state index < -0.39 is 0 Å². The van der Waals surface area contributed by atoms with E-state index in [1.165, 1.54) is 34.8 Å². The molecule has 3 amide bonds. The van der Waals surface area contributed by atoms with Crippen LogP contribution in [-0.2, 0) is 39.3 Å². The van der Waals surface area contributed by atoms with Gasteiger partial charge in [-0.15, -0.1) is 0 Å². The van der Waals surface area contributed by atoms with E-state index in [0.717, 1.165) is 219 Å². The van der Waals surface area contributed by atoms with Gasteiger partial charge in [0.1, 0.15) is 11.6 Å². The first-order valence-electron chi connectivity index (χ1n) is 45.8. The lowest BCUT2D eigenvalue weighted by molar-refractivity contribution is 0.0677. The molecule has 127 heavy (non-hydrogen) atoms. The van der Waals surface area contributed by atoms with Crippen molar-refractivity contribution in [3.63, 3.8) is 0 Å². The Hall–Kier alpha value is -10.8. The number of halogens is 2. The molecule has 0 aromatic heterocycles. The minimum atomic E-state index is -0.215. The smallest absolute Gasteiger partial charge is 0.255 e. The number of anilines is 3. The van der Waals surface area contributed by atoms with Crippen molar-refractivity contribution in [1.82, 2.24) is 44.1 Å². The van der Waals surface area contributed by atoms with Crippen molar-refractivity contribution in [1.29, 1.82) is 0 Å². The van der Waals surface area contributed by atoms with Crippen molar-refractivity contribution < 1.29 is 51.6 Å². The Morgan fingerprint density at radius 2 is 0.701 bits per heavy atom. The molecule has 6 aliphatic heterocycles. The molecule has 6 heterocycles. The summed E-state index contributed by atoms with van der Waals surface area (Å²) in [5.41, 5.74) is 15.5. The normalized spacial score (nSPS) is 16.2. The molecular formula is C104H134F2N12O9. The lowest BCUT2D eigenvalue weighted by atomic mass is 9.99. The molecule has 0 unspecified atom stereocenters. The summed E-state index contributed by atoms with van der Waals surface area (Å²) in [5.74, 6) is 3.89. The van der Waals surface area contributed by atoms with E-state index in [2.05, 4.69) is 157 Å². The van der Waals surface area contributed by atoms with Gasteiger partial charge in [0.25, 0.3) is 17.7 Å². The third-order valence-corrected chi connectivity index (χ3v) is 26.6. The van der Waals surface area contributed by atoms with Crippen LogP contribution >= 0.6 is 0 Å². The van der Waals surface area contributed by atoms with E-state index in [0.29, 0.717) is 78.8 Å². The number of methoxy groups -OCH3 is 6. The number of hydrogen-bond donors (Lipinski definition) is 0. The molecule has 0 bridgehead atoms. The molecular weight excluding hydrogens is 1600 g/mol. The van der Waals surface area contributed by atoms with Crippen LogP contribution in [0.4, 0.5) is 25.8 Å². The van der Waals surface area contributed by atoms with Crippen LogP contribution in [-0.4, -0.2) is 242 Å². The van der Waals surface area contributed by atoms with Gasteiger partial charge in [-0.1, -0.05) is 118 Å². The van der Waals surface area contributed by atoms with Crippen LogP contribution < -0.4 is 43.1 Å². The van der Waals surface area contributed by atoms with Gasteiger partial charge in [0.15, 0.2) is 34.5 Å². The molecule has 23 heteroatoms. The van der Waals surface area contributed by atoms with Gasteiger partial charge in [-0.05, 0) is 225 Å². The van der Waals surface area contributed by atoms with Crippen molar-refractivity contribution in [3.05, 3.63) is 266 Å². The van der Waals surface area contributed by atoms with Gasteiger partial charge >= 0.3 is 0 Å². The summed E-state index contributed by atoms with van der Waals surface area (Å²) in [4.78, 5) is 69.9. The molecule has 6 aliphatic rings. The van der Waals surface area contributed by atoms with Crippen molar-refractivity contribution in [2.75, 3.05) is 189 Å². The van der Waals surface area contributed by atoms with E-state index in [1.54, 1.807) is 60.9 Å². The molecule has 9 aromatic carbocycles. The number of piperazine rings is 3. The van der Waals surface area contributed by atoms with Gasteiger partial charge in [-0.3, -0.25) is 19.3 Å². The van der Waals surface area contributed by atoms with Crippen molar-refractivity contribution in [2.45, 2.75) is 137 Å². The highest BCUT2D eigenvalue weighted by Gasteiger charge is 2.41. The summed E-state index contributed by atoms with van der Waals surface area (Å²) in [7, 11) is 13.9. The molecule has 9 aromatic rings. The van der Waals surface area contributed by atoms with Gasteiger partial charge in [-0.25, -0.2) is 8.78 Å². The number of hydrogen-bond acceptors (Lipinski definition) is 18. The second-order valence-electron chi connectivity index (χ2n) is 34.5. The summed E-state index contributed by atoms with van der Waals surface area (Å²) in [5, 5.41) is 0. The van der Waals surface area contributed by atoms with Gasteiger partial charge in [0.2, 0.25) is 0 Å². The number of amides is 3. The van der Waals surface area contributed by atoms with Gasteiger partial charge in [0.05, 0.1) is 60.8 Å². The number of rotatable bonds is 37. The Morgan fingerprint density at radius 1 is 0.354 bits per heavy atom. The van der Waals surface area contributed by atoms with E-state index in [9.17, 15) is 23.2 Å². The maximum absolute atomic E-state index is 14.2. The molecule has 15 rings (SSSR count). The van der Waals surface area contributed by atoms with Crippen LogP contribution in [0.2, 0.25) is 0 Å². The molecule has 0 radical (unpaired) electrons. The molecule has 3 atom stereocenters. The number of nitrogens with zero attached hydrogens (tertiary/aromatic N) is 12. The highest BCUT2D eigenvalue weighted by Crippen LogP contribution is 2.46. The Labute approximate surface area is 753 Å². The Morgan fingerprint density at radius 3 is 1.06 bits per heavy atom. The number of carbonyl (C=O) groups is 3. The fourth-order valence-corrected chi connectivity index (χ4v) is 19.2. The van der Waals surface area contributed by atoms with E-state index in [-0.39, 0.29) is 47.5 Å². The third kappa shape index (κ3) is 23.0. The minimum Gasteiger partial charge on any atom is -0.493 e. The number of likely N-dealkylation sites (N-methyl/N-ethyl adjacent to an activating group) is 3. The standard InChI is InChI=1S/C36H48N4O3.2C34H43FN4O3/c1-6-37-20-22-38(23-21-37)33-15-10-14-30-31(33)26-40(36(30)41)32(29-17-18-34(42-4)35(24-29)43-5)16-11-19-39(27(2)3)25-28-12-8-7-9-13-28;1-5-37-17-19-38(20-18-37)31-12-7-11-28-29(31)24-39(34(28)40)30(26-14-15-32(41-3)33(22-26)42-4)13-8-16-36(2)23-25-9-6-10-27(35)21-25;1-5-37-18-20-38(21-19-37)31-13-8-11-27-28(31)24-39(34(27)40)30(25-15-16-32(41-3)33(22-25)42-4)14-9-17-36(2)23-26-10-6-7-12-29(26)35/h7-10,12-15,17-18,24,27,32H,6,11,16,19-23,25-26H2,1-5H3;6-7,9-12,14-15,21-22,30H,5,8,13,16-20,23-24H2,1-4H3;6-8,10-13,15-16,22,30H,5,9,14,17-21,23-24H2,1-4H3/t32-;2*30-/m111/s1. The maximum Gasteiger partial charge on any atom is 0.255 e. The lowest BCUT2D eigenvalue weighted by Crippen LogP contribution is -2.46. The molecule has 0 N–H and O–H groups in total. The molecule has 3 saturated heterocycles. The first-order chi connectivity index (χ1) is 61.8. The fraction of sp³-hybridized carbons (Fsp3) is 0.452. The number of ether oxygens (including phenoxy) is 6. The lowest BCUT2D eigenvalue weighted by Gasteiger charge is -2.36. The van der Waals surface area contributed by atoms with Crippen LogP contribution in [0.1, 0.15) is 172 Å². The first kappa shape index (κ1) is 93.8. The van der Waals surface area contributed by atoms with Gasteiger partial charge in [0, 0.05) is 180 Å². The van der Waals surface area contributed by atoms with Crippen LogP contribution in [0.25, 0.3) is 0 Å². The zero-order chi connectivity index (χ0) is 89.6. The maximum atomic E-state index is 14.2. The molecule has 0 spiro atoms. The highest BCUT2D eigenvalue weighted by atomic mass is 19.1. The monoisotopic (exact) mass is 1730 g/mol. The van der Waals surface area contributed by atoms with Crippen molar-refractivity contribution >= 4 is 34.8 Å². The second-order valence-corrected chi connectivity index (χ2v) is 34.5. The zero-order valence-electron chi connectivity index (χ0n) is 77.2.